The topological polar surface area (TPSA) is 108 Å². The summed E-state index contributed by atoms with van der Waals surface area (Å²) < 4.78 is 10.6. The number of carbonyl (C=O) groups is 3. The molecule has 0 heterocycles. The number of nitrogens with one attached hydrogen (secondary N) is 1. The van der Waals surface area contributed by atoms with Crippen LogP contribution in [0.3, 0.4) is 0 Å². The number of anilines is 1. The van der Waals surface area contributed by atoms with E-state index in [1.165, 1.54) is 19.1 Å². The Labute approximate surface area is 157 Å². The van der Waals surface area contributed by atoms with Gasteiger partial charge in [-0.25, -0.2) is 0 Å². The van der Waals surface area contributed by atoms with E-state index >= 15 is 0 Å². The first-order valence-electron chi connectivity index (χ1n) is 8.45. The third-order valence-electron chi connectivity index (χ3n) is 3.71. The number of hydrogen-bond acceptors (Lipinski definition) is 5. The normalized spacial score (nSPS) is 11.3. The summed E-state index contributed by atoms with van der Waals surface area (Å²) in [6.45, 7) is 3.61. The minimum absolute atomic E-state index is 0.0266. The van der Waals surface area contributed by atoms with Crippen molar-refractivity contribution in [2.75, 3.05) is 11.9 Å². The zero-order valence-electron chi connectivity index (χ0n) is 15.2. The van der Waals surface area contributed by atoms with Crippen LogP contribution in [0.25, 0.3) is 0 Å². The highest BCUT2D eigenvalue weighted by atomic mass is 16.5. The fourth-order valence-electron chi connectivity index (χ4n) is 2.16. The van der Waals surface area contributed by atoms with E-state index in [1.54, 1.807) is 12.1 Å². The van der Waals surface area contributed by atoms with Gasteiger partial charge in [-0.15, -0.1) is 0 Å². The fraction of sp³-hybridized carbons (Fsp3) is 0.250. The third-order valence-corrected chi connectivity index (χ3v) is 3.71. The number of hydrogen-bond donors (Lipinski definition) is 2. The maximum absolute atomic E-state index is 12.1. The van der Waals surface area contributed by atoms with Crippen LogP contribution in [0.2, 0.25) is 0 Å². The van der Waals surface area contributed by atoms with Gasteiger partial charge < -0.3 is 20.5 Å². The standard InChI is InChI=1S/C20H22N2O5/c1-13-3-9-17(10-4-13)26-12-11-18(23)27-14(2)20(25)22-16-7-5-15(6-8-16)19(21)24/h3-10,14H,11-12H2,1-2H3,(H2,21,24)(H,22,25)/t14-/m0/s1. The van der Waals surface area contributed by atoms with Crippen LogP contribution in [0.4, 0.5) is 5.69 Å². The first-order valence-corrected chi connectivity index (χ1v) is 8.45. The largest absolute Gasteiger partial charge is 0.493 e. The Balaban J connectivity index is 1.75. The van der Waals surface area contributed by atoms with Gasteiger partial charge in [0.25, 0.3) is 5.91 Å². The van der Waals surface area contributed by atoms with Gasteiger partial charge in [-0.3, -0.25) is 14.4 Å². The number of amides is 2. The molecule has 0 aromatic heterocycles. The van der Waals surface area contributed by atoms with Crippen molar-refractivity contribution < 1.29 is 23.9 Å². The zero-order chi connectivity index (χ0) is 19.8. The highest BCUT2D eigenvalue weighted by Crippen LogP contribution is 2.12. The smallest absolute Gasteiger partial charge is 0.310 e. The Kier molecular flexibility index (Phi) is 6.93. The Morgan fingerprint density at radius 1 is 1.04 bits per heavy atom. The van der Waals surface area contributed by atoms with Crippen LogP contribution in [0, 0.1) is 6.92 Å². The number of ether oxygens (including phenoxy) is 2. The average Bonchev–Trinajstić information content (AvgIpc) is 2.63. The molecule has 0 saturated heterocycles. The van der Waals surface area contributed by atoms with Crippen molar-refractivity contribution in [1.29, 1.82) is 0 Å². The Bertz CT molecular complexity index is 800. The van der Waals surface area contributed by atoms with Crippen LogP contribution in [0.5, 0.6) is 5.75 Å². The van der Waals surface area contributed by atoms with Gasteiger partial charge in [-0.2, -0.15) is 0 Å². The van der Waals surface area contributed by atoms with Crippen LogP contribution in [0.15, 0.2) is 48.5 Å². The van der Waals surface area contributed by atoms with Crippen molar-refractivity contribution >= 4 is 23.5 Å². The van der Waals surface area contributed by atoms with E-state index in [4.69, 9.17) is 15.2 Å². The van der Waals surface area contributed by atoms with Gasteiger partial charge in [-0.05, 0) is 50.2 Å². The molecule has 0 aliphatic heterocycles. The lowest BCUT2D eigenvalue weighted by Crippen LogP contribution is -2.30. The summed E-state index contributed by atoms with van der Waals surface area (Å²) in [4.78, 5) is 34.9. The maximum Gasteiger partial charge on any atom is 0.310 e. The van der Waals surface area contributed by atoms with E-state index < -0.39 is 23.9 Å². The molecule has 0 spiro atoms. The molecular formula is C20H22N2O5. The van der Waals surface area contributed by atoms with Crippen LogP contribution >= 0.6 is 0 Å². The molecule has 7 heteroatoms. The van der Waals surface area contributed by atoms with Crippen LogP contribution in [0.1, 0.15) is 29.3 Å². The van der Waals surface area contributed by atoms with Gasteiger partial charge in [0.05, 0.1) is 13.0 Å². The molecular weight excluding hydrogens is 348 g/mol. The van der Waals surface area contributed by atoms with Crippen LogP contribution in [-0.4, -0.2) is 30.5 Å². The summed E-state index contributed by atoms with van der Waals surface area (Å²) >= 11 is 0. The molecule has 0 aliphatic rings. The van der Waals surface area contributed by atoms with Crippen molar-refractivity contribution in [3.05, 3.63) is 59.7 Å². The molecule has 0 fully saturated rings. The zero-order valence-corrected chi connectivity index (χ0v) is 15.2. The molecule has 3 N–H and O–H groups in total. The number of aryl methyl sites for hydroxylation is 1. The molecule has 0 bridgehead atoms. The predicted octanol–water partition coefficient (Wildman–Crippen LogP) is 2.43. The first-order chi connectivity index (χ1) is 12.8. The Morgan fingerprint density at radius 3 is 2.26 bits per heavy atom. The highest BCUT2D eigenvalue weighted by Gasteiger charge is 2.18. The predicted molar refractivity (Wildman–Crippen MR) is 100 cm³/mol. The second-order valence-electron chi connectivity index (χ2n) is 5.97. The first kappa shape index (κ1) is 20.0. The van der Waals surface area contributed by atoms with Crippen molar-refractivity contribution in [2.45, 2.75) is 26.4 Å². The van der Waals surface area contributed by atoms with Crippen LogP contribution in [-0.2, 0) is 14.3 Å². The summed E-state index contributed by atoms with van der Waals surface area (Å²) in [6, 6.07) is 13.5. The number of primary amides is 1. The summed E-state index contributed by atoms with van der Waals surface area (Å²) in [5.74, 6) is -0.898. The second kappa shape index (κ2) is 9.38. The third kappa shape index (κ3) is 6.47. The summed E-state index contributed by atoms with van der Waals surface area (Å²) in [7, 11) is 0. The molecule has 7 nitrogen and oxygen atoms in total. The molecule has 2 rings (SSSR count). The second-order valence-corrected chi connectivity index (χ2v) is 5.97. The number of nitrogens with two attached hydrogens (primary N) is 1. The molecule has 2 amide bonds. The van der Waals surface area contributed by atoms with E-state index in [1.807, 2.05) is 31.2 Å². The Hall–Kier alpha value is -3.35. The molecule has 0 aliphatic carbocycles. The van der Waals surface area contributed by atoms with Gasteiger partial charge >= 0.3 is 5.97 Å². The molecule has 0 saturated carbocycles. The highest BCUT2D eigenvalue weighted by molar-refractivity contribution is 5.96. The minimum atomic E-state index is -0.965. The SMILES string of the molecule is Cc1ccc(OCCC(=O)O[C@@H](C)C(=O)Nc2ccc(C(N)=O)cc2)cc1. The van der Waals surface area contributed by atoms with Gasteiger partial charge in [0.2, 0.25) is 5.91 Å². The number of carbonyl (C=O) groups excluding carboxylic acids is 3. The monoisotopic (exact) mass is 370 g/mol. The van der Waals surface area contributed by atoms with Gasteiger partial charge in [0, 0.05) is 11.3 Å². The number of rotatable bonds is 8. The van der Waals surface area contributed by atoms with Crippen LogP contribution < -0.4 is 15.8 Å². The quantitative estimate of drug-likeness (QED) is 0.694. The summed E-state index contributed by atoms with van der Waals surface area (Å²) in [5.41, 5.74) is 7.08. The molecule has 1 atom stereocenters. The fourth-order valence-corrected chi connectivity index (χ4v) is 2.16. The van der Waals surface area contributed by atoms with E-state index in [0.29, 0.717) is 17.0 Å². The lowest BCUT2D eigenvalue weighted by molar-refractivity contribution is -0.153. The average molecular weight is 370 g/mol. The van der Waals surface area contributed by atoms with E-state index in [9.17, 15) is 14.4 Å². The molecule has 0 unspecified atom stereocenters. The summed E-state index contributed by atoms with van der Waals surface area (Å²) in [5, 5.41) is 2.60. The van der Waals surface area contributed by atoms with Crippen molar-refractivity contribution in [2.24, 2.45) is 5.73 Å². The lowest BCUT2D eigenvalue weighted by atomic mass is 10.2. The molecule has 142 valence electrons. The van der Waals surface area contributed by atoms with Crippen molar-refractivity contribution in [3.63, 3.8) is 0 Å². The van der Waals surface area contributed by atoms with E-state index in [-0.39, 0.29) is 13.0 Å². The van der Waals surface area contributed by atoms with Gasteiger partial charge in [-0.1, -0.05) is 17.7 Å². The van der Waals surface area contributed by atoms with E-state index in [2.05, 4.69) is 5.32 Å². The molecule has 0 radical (unpaired) electrons. The lowest BCUT2D eigenvalue weighted by Gasteiger charge is -2.14. The number of benzene rings is 2. The minimum Gasteiger partial charge on any atom is -0.493 e. The molecule has 27 heavy (non-hydrogen) atoms. The number of esters is 1. The van der Waals surface area contributed by atoms with Gasteiger partial charge in [0.15, 0.2) is 6.10 Å². The van der Waals surface area contributed by atoms with Crippen molar-refractivity contribution in [3.8, 4) is 5.75 Å². The Morgan fingerprint density at radius 2 is 1.67 bits per heavy atom. The maximum atomic E-state index is 12.1. The van der Waals surface area contributed by atoms with Crippen molar-refractivity contribution in [1.82, 2.24) is 0 Å². The molecule has 2 aromatic rings. The van der Waals surface area contributed by atoms with Gasteiger partial charge in [0.1, 0.15) is 5.75 Å². The molecule has 2 aromatic carbocycles. The summed E-state index contributed by atoms with van der Waals surface area (Å²) in [6.07, 6.45) is -0.939. The van der Waals surface area contributed by atoms with E-state index in [0.717, 1.165) is 5.56 Å².